The molecule has 1 aliphatic carbocycles. The number of urea groups is 1. The van der Waals surface area contributed by atoms with Crippen LogP contribution in [-0.4, -0.2) is 186 Å². The number of alkyl carbamates (subject to hydrolysis) is 1. The van der Waals surface area contributed by atoms with Crippen LogP contribution >= 0.6 is 0 Å². The minimum absolute atomic E-state index is 0.0392. The van der Waals surface area contributed by atoms with Gasteiger partial charge in [0.1, 0.15) is 31.1 Å². The molecule has 3 aliphatic rings. The number of nitrogens with one attached hydrogen (secondary N) is 5. The minimum Gasteiger partial charge on any atom is -0.481 e. The van der Waals surface area contributed by atoms with Gasteiger partial charge in [0.05, 0.1) is 147 Å². The molecule has 29 heteroatoms. The number of hydrogen-bond acceptors (Lipinski definition) is 20. The van der Waals surface area contributed by atoms with E-state index >= 15 is 4.39 Å². The molecular weight excluding hydrogens is 1210 g/mol. The highest BCUT2D eigenvalue weighted by atomic mass is 19.1. The van der Waals surface area contributed by atoms with E-state index in [9.17, 15) is 43.5 Å². The first-order valence-electron chi connectivity index (χ1n) is 30.9. The normalized spacial score (nSPS) is 16.0. The zero-order valence-corrected chi connectivity index (χ0v) is 52.5. The van der Waals surface area contributed by atoms with Gasteiger partial charge in [-0.15, -0.1) is 0 Å². The van der Waals surface area contributed by atoms with Gasteiger partial charge in [0.25, 0.3) is 5.56 Å². The molecular formula is C63H85FN8O20. The lowest BCUT2D eigenvalue weighted by atomic mass is 9.81. The third kappa shape index (κ3) is 20.1. The predicted octanol–water partition coefficient (Wildman–Crippen LogP) is 3.45. The molecule has 0 radical (unpaired) electrons. The lowest BCUT2D eigenvalue weighted by Gasteiger charge is -2.31. The van der Waals surface area contributed by atoms with E-state index in [1.54, 1.807) is 58.0 Å². The van der Waals surface area contributed by atoms with Gasteiger partial charge in [-0.2, -0.15) is 0 Å². The van der Waals surface area contributed by atoms with E-state index in [4.69, 9.17) is 63.2 Å². The van der Waals surface area contributed by atoms with E-state index in [-0.39, 0.29) is 102 Å². The Morgan fingerprint density at radius 2 is 1.36 bits per heavy atom. The van der Waals surface area contributed by atoms with Crippen LogP contribution in [0.1, 0.15) is 104 Å². The van der Waals surface area contributed by atoms with Crippen molar-refractivity contribution in [3.8, 4) is 11.4 Å². The van der Waals surface area contributed by atoms with Crippen molar-refractivity contribution >= 4 is 58.4 Å². The van der Waals surface area contributed by atoms with Gasteiger partial charge < -0.3 is 94.5 Å². The molecule has 2 aliphatic heterocycles. The van der Waals surface area contributed by atoms with Gasteiger partial charge in [-0.05, 0) is 85.4 Å². The highest BCUT2D eigenvalue weighted by molar-refractivity contribution is 5.99. The molecule has 7 rings (SSSR count). The number of cyclic esters (lactones) is 1. The second kappa shape index (κ2) is 35.9. The van der Waals surface area contributed by atoms with Gasteiger partial charge in [0.15, 0.2) is 5.60 Å². The van der Waals surface area contributed by atoms with Crippen molar-refractivity contribution in [2.45, 2.75) is 116 Å². The average molecular weight is 1290 g/mol. The monoisotopic (exact) mass is 1290 g/mol. The molecule has 2 aromatic carbocycles. The number of benzene rings is 2. The van der Waals surface area contributed by atoms with E-state index in [2.05, 4.69) is 26.6 Å². The van der Waals surface area contributed by atoms with E-state index < -0.39 is 76.9 Å². The summed E-state index contributed by atoms with van der Waals surface area (Å²) in [4.78, 5) is 108. The quantitative estimate of drug-likeness (QED) is 0.0205. The van der Waals surface area contributed by atoms with Crippen LogP contribution in [0.3, 0.4) is 0 Å². The Morgan fingerprint density at radius 1 is 0.783 bits per heavy atom. The maximum Gasteiger partial charge on any atom is 0.407 e. The lowest BCUT2D eigenvalue weighted by molar-refractivity contribution is -0.172. The number of carbonyl (C=O) groups excluding carboxylic acids is 6. The number of aryl methyl sites for hydroxylation is 1. The summed E-state index contributed by atoms with van der Waals surface area (Å²) in [6, 6.07) is 5.85. The molecule has 0 saturated carbocycles. The molecule has 2 aromatic heterocycles. The fourth-order valence-electron chi connectivity index (χ4n) is 10.7. The van der Waals surface area contributed by atoms with E-state index in [1.807, 2.05) is 0 Å². The van der Waals surface area contributed by atoms with Crippen molar-refractivity contribution in [1.29, 1.82) is 0 Å². The molecule has 0 unspecified atom stereocenters. The smallest absolute Gasteiger partial charge is 0.407 e. The topological polar surface area (TPSA) is 373 Å². The Bertz CT molecular complexity index is 3260. The summed E-state index contributed by atoms with van der Waals surface area (Å²) in [5.74, 6) is -4.24. The molecule has 9 N–H and O–H groups in total. The van der Waals surface area contributed by atoms with Gasteiger partial charge in [-0.3, -0.25) is 24.0 Å². The molecule has 504 valence electrons. The number of halogens is 1. The van der Waals surface area contributed by atoms with Gasteiger partial charge >= 0.3 is 24.1 Å². The second-order valence-corrected chi connectivity index (χ2v) is 22.4. The molecule has 4 aromatic rings. The average Bonchev–Trinajstić information content (AvgIpc) is 1.50. The van der Waals surface area contributed by atoms with Gasteiger partial charge in [-0.25, -0.2) is 23.8 Å². The van der Waals surface area contributed by atoms with E-state index in [1.165, 1.54) is 10.6 Å². The lowest BCUT2D eigenvalue weighted by Crippen LogP contribution is -2.54. The summed E-state index contributed by atoms with van der Waals surface area (Å²) >= 11 is 0. The summed E-state index contributed by atoms with van der Waals surface area (Å²) in [7, 11) is 0. The van der Waals surface area contributed by atoms with Gasteiger partial charge in [0, 0.05) is 41.2 Å². The maximum atomic E-state index is 15.5. The van der Waals surface area contributed by atoms with Crippen molar-refractivity contribution in [3.05, 3.63) is 91.5 Å². The van der Waals surface area contributed by atoms with Crippen molar-refractivity contribution in [2.75, 3.05) is 118 Å². The van der Waals surface area contributed by atoms with Crippen molar-refractivity contribution in [2.24, 2.45) is 11.7 Å². The van der Waals surface area contributed by atoms with Crippen LogP contribution in [0.4, 0.5) is 19.7 Å². The number of anilines is 1. The number of aliphatic hydroxyl groups is 1. The number of nitrogens with two attached hydrogens (primary N) is 1. The highest BCUT2D eigenvalue weighted by Gasteiger charge is 2.46. The number of carbonyl (C=O) groups is 7. The third-order valence-corrected chi connectivity index (χ3v) is 15.7. The minimum atomic E-state index is -2.05. The Balaban J connectivity index is 0.807. The SMILES string of the molecule is CC[C@@]1(O)C(=O)OCc2c1cc1n(c2=O)Cc2c-1nc1cc(F)c(C)c3c1c2[C@@H](NC(=O)OCc1ccc(NC(=O)[C@H](CCCNC(N)=O)NC(=O)[C@@H](NC(=O)CCOCCOCCOCCOCCOCCOCCOCCOCCC(=O)O)C(C)C)cc1)CC3. The molecule has 4 atom stereocenters. The number of amides is 6. The Kier molecular flexibility index (Phi) is 28.0. The summed E-state index contributed by atoms with van der Waals surface area (Å²) in [5.41, 5.74) is 7.42. The van der Waals surface area contributed by atoms with Crippen molar-refractivity contribution in [3.63, 3.8) is 0 Å². The van der Waals surface area contributed by atoms with Crippen molar-refractivity contribution < 1.29 is 95.5 Å². The number of esters is 1. The number of pyridine rings is 2. The molecule has 28 nitrogen and oxygen atoms in total. The van der Waals surface area contributed by atoms with Crippen molar-refractivity contribution in [1.82, 2.24) is 30.8 Å². The molecule has 6 amide bonds. The van der Waals surface area contributed by atoms with Crippen LogP contribution < -0.4 is 37.9 Å². The largest absolute Gasteiger partial charge is 0.481 e. The second-order valence-electron chi connectivity index (χ2n) is 22.4. The predicted molar refractivity (Wildman–Crippen MR) is 328 cm³/mol. The molecule has 0 fully saturated rings. The number of ether oxygens (including phenoxy) is 10. The van der Waals surface area contributed by atoms with E-state index in [0.29, 0.717) is 142 Å². The van der Waals surface area contributed by atoms with Crippen LogP contribution in [0.15, 0.2) is 41.2 Å². The Morgan fingerprint density at radius 3 is 1.91 bits per heavy atom. The summed E-state index contributed by atoms with van der Waals surface area (Å²) < 4.78 is 71.4. The molecule has 4 heterocycles. The van der Waals surface area contributed by atoms with Crippen LogP contribution in [0.2, 0.25) is 0 Å². The first kappa shape index (κ1) is 71.7. The number of primary amides is 1. The number of carboxylic acid groups (broad SMARTS) is 1. The molecule has 0 spiro atoms. The first-order chi connectivity index (χ1) is 44.3. The summed E-state index contributed by atoms with van der Waals surface area (Å²) in [6.07, 6.45) is 0.231. The van der Waals surface area contributed by atoms with Gasteiger partial charge in [-0.1, -0.05) is 32.9 Å². The van der Waals surface area contributed by atoms with E-state index in [0.717, 1.165) is 5.56 Å². The molecule has 92 heavy (non-hydrogen) atoms. The highest BCUT2D eigenvalue weighted by Crippen LogP contribution is 2.46. The summed E-state index contributed by atoms with van der Waals surface area (Å²) in [6.45, 7) is 11.7. The fourth-order valence-corrected chi connectivity index (χ4v) is 10.7. The number of carboxylic acids is 1. The zero-order valence-electron chi connectivity index (χ0n) is 52.5. The number of hydrogen-bond donors (Lipinski definition) is 8. The summed E-state index contributed by atoms with van der Waals surface area (Å²) in [5, 5.41) is 34.4. The Labute approximate surface area is 531 Å². The number of aromatic nitrogens is 2. The Hall–Kier alpha value is -7.74. The number of rotatable bonds is 41. The number of fused-ring (bicyclic) bond motifs is 5. The molecule has 0 bridgehead atoms. The van der Waals surface area contributed by atoms with Crippen LogP contribution in [0.25, 0.3) is 22.3 Å². The first-order valence-corrected chi connectivity index (χ1v) is 30.9. The van der Waals surface area contributed by atoms with Crippen LogP contribution in [0.5, 0.6) is 0 Å². The van der Waals surface area contributed by atoms with Crippen LogP contribution in [0, 0.1) is 18.7 Å². The number of aliphatic carboxylic acids is 1. The number of nitrogens with zero attached hydrogens (tertiary/aromatic N) is 2. The maximum absolute atomic E-state index is 15.5. The van der Waals surface area contributed by atoms with Gasteiger partial charge in [0.2, 0.25) is 17.7 Å². The van der Waals surface area contributed by atoms with Crippen LogP contribution in [-0.2, 0) is 103 Å². The third-order valence-electron chi connectivity index (χ3n) is 15.7. The zero-order chi connectivity index (χ0) is 66.2. The fraction of sp³-hybridized carbons (Fsp3) is 0.571. The standard InChI is InChI=1S/C63H85FN8O20/c1-5-63(82)45-33-50-56-43(35-72(50)59(78)44(45)37-91-60(63)79)54-47(13-12-42-39(4)46(64)34-49(68-56)53(42)54)70-62(81)92-36-40-8-10-41(11-9-40)67-57(76)48(7-6-16-66-61(65)80)69-58(77)55(38(2)3)71-51(73)14-17-83-19-21-85-23-25-87-27-29-89-31-32-90-30-28-88-26-24-86-22-20-84-18-15-52(74)75/h8-11,33-34,38,47-48,55,82H,5-7,12-32,35-37H2,1-4H3,(H,67,76)(H,69,77)(H,70,81)(H,71,73)(H,74,75)(H3,65,66,80)/t47-,48-,55-,63-/m0/s1. The molecule has 0 saturated heterocycles.